The van der Waals surface area contributed by atoms with Crippen LogP contribution in [0.3, 0.4) is 0 Å². The molecule has 1 aliphatic rings. The molecule has 1 atom stereocenters. The van der Waals surface area contributed by atoms with Crippen LogP contribution in [0.1, 0.15) is 29.0 Å². The molecular weight excluding hydrogens is 264 g/mol. The number of fused-ring (bicyclic) bond motifs is 1. The van der Waals surface area contributed by atoms with Gasteiger partial charge in [-0.3, -0.25) is 0 Å². The highest BCUT2D eigenvalue weighted by Gasteiger charge is 2.25. The summed E-state index contributed by atoms with van der Waals surface area (Å²) in [5, 5.41) is 2.19. The summed E-state index contributed by atoms with van der Waals surface area (Å²) < 4.78 is 0. The lowest BCUT2D eigenvalue weighted by Crippen LogP contribution is -2.33. The van der Waals surface area contributed by atoms with Crippen molar-refractivity contribution in [3.63, 3.8) is 0 Å². The number of rotatable bonds is 2. The Morgan fingerprint density at radius 1 is 1.50 bits per heavy atom. The minimum absolute atomic E-state index is 0.401. The standard InChI is InChI=1S/C14H15ClN2S/c1-10-12-4-7-18-13(12)3-6-17(10)14-8-11(9-15)2-5-16-14/h2,4-5,7-8,10H,3,6,9H2,1H3. The molecule has 2 aromatic rings. The zero-order valence-electron chi connectivity index (χ0n) is 10.3. The lowest BCUT2D eigenvalue weighted by atomic mass is 10.0. The van der Waals surface area contributed by atoms with Gasteiger partial charge in [0.1, 0.15) is 5.82 Å². The van der Waals surface area contributed by atoms with E-state index >= 15 is 0 Å². The molecular formula is C14H15ClN2S. The van der Waals surface area contributed by atoms with Gasteiger partial charge in [-0.1, -0.05) is 0 Å². The first kappa shape index (κ1) is 12.0. The van der Waals surface area contributed by atoms with E-state index in [2.05, 4.69) is 34.3 Å². The van der Waals surface area contributed by atoms with E-state index in [4.69, 9.17) is 11.6 Å². The van der Waals surface area contributed by atoms with Crippen LogP contribution in [0.4, 0.5) is 5.82 Å². The summed E-state index contributed by atoms with van der Waals surface area (Å²) >= 11 is 7.76. The van der Waals surface area contributed by atoms with Crippen molar-refractivity contribution in [1.29, 1.82) is 0 Å². The van der Waals surface area contributed by atoms with E-state index in [9.17, 15) is 0 Å². The molecule has 0 fully saturated rings. The minimum Gasteiger partial charge on any atom is -0.349 e. The molecule has 0 saturated carbocycles. The molecule has 1 aliphatic heterocycles. The van der Waals surface area contributed by atoms with Crippen molar-refractivity contribution < 1.29 is 0 Å². The quantitative estimate of drug-likeness (QED) is 0.772. The van der Waals surface area contributed by atoms with Crippen LogP contribution >= 0.6 is 22.9 Å². The summed E-state index contributed by atoms with van der Waals surface area (Å²) in [6, 6.07) is 6.71. The number of hydrogen-bond donors (Lipinski definition) is 0. The highest BCUT2D eigenvalue weighted by atomic mass is 35.5. The third kappa shape index (κ3) is 2.02. The summed E-state index contributed by atoms with van der Waals surface area (Å²) in [5.41, 5.74) is 2.58. The number of thiophene rings is 1. The Balaban J connectivity index is 1.94. The number of halogens is 1. The Morgan fingerprint density at radius 2 is 2.39 bits per heavy atom. The predicted octanol–water partition coefficient (Wildman–Crippen LogP) is 4.01. The fraction of sp³-hybridized carbons (Fsp3) is 0.357. The molecule has 0 aliphatic carbocycles. The summed E-state index contributed by atoms with van der Waals surface area (Å²) in [6.07, 6.45) is 2.97. The van der Waals surface area contributed by atoms with Crippen LogP contribution in [0.5, 0.6) is 0 Å². The van der Waals surface area contributed by atoms with Gasteiger partial charge in [-0.05, 0) is 48.1 Å². The van der Waals surface area contributed by atoms with Crippen LogP contribution in [0.25, 0.3) is 0 Å². The molecule has 2 aromatic heterocycles. The van der Waals surface area contributed by atoms with Crippen LogP contribution < -0.4 is 4.90 Å². The van der Waals surface area contributed by atoms with Gasteiger partial charge in [0.05, 0.1) is 6.04 Å². The molecule has 0 amide bonds. The van der Waals surface area contributed by atoms with Crippen LogP contribution in [-0.4, -0.2) is 11.5 Å². The van der Waals surface area contributed by atoms with E-state index in [1.165, 1.54) is 10.4 Å². The monoisotopic (exact) mass is 278 g/mol. The average molecular weight is 279 g/mol. The number of nitrogens with zero attached hydrogens (tertiary/aromatic N) is 2. The summed E-state index contributed by atoms with van der Waals surface area (Å²) in [6.45, 7) is 3.28. The Kier molecular flexibility index (Phi) is 3.27. The molecule has 2 nitrogen and oxygen atoms in total. The first-order valence-corrected chi connectivity index (χ1v) is 7.55. The lowest BCUT2D eigenvalue weighted by molar-refractivity contribution is 0.624. The lowest BCUT2D eigenvalue weighted by Gasteiger charge is -2.34. The largest absolute Gasteiger partial charge is 0.349 e. The maximum atomic E-state index is 5.89. The zero-order valence-corrected chi connectivity index (χ0v) is 11.8. The second kappa shape index (κ2) is 4.90. The van der Waals surface area contributed by atoms with Gasteiger partial charge < -0.3 is 4.90 Å². The smallest absolute Gasteiger partial charge is 0.129 e. The van der Waals surface area contributed by atoms with Gasteiger partial charge >= 0.3 is 0 Å². The average Bonchev–Trinajstić information content (AvgIpc) is 2.88. The highest BCUT2D eigenvalue weighted by Crippen LogP contribution is 2.35. The first-order valence-electron chi connectivity index (χ1n) is 6.13. The van der Waals surface area contributed by atoms with E-state index in [1.54, 1.807) is 0 Å². The number of aromatic nitrogens is 1. The predicted molar refractivity (Wildman–Crippen MR) is 77.6 cm³/mol. The normalized spacial score (nSPS) is 18.8. The molecule has 0 radical (unpaired) electrons. The highest BCUT2D eigenvalue weighted by molar-refractivity contribution is 7.10. The third-order valence-electron chi connectivity index (χ3n) is 3.54. The Labute approximate surface area is 116 Å². The van der Waals surface area contributed by atoms with Crippen molar-refractivity contribution in [1.82, 2.24) is 4.98 Å². The van der Waals surface area contributed by atoms with E-state index in [1.807, 2.05) is 23.6 Å². The number of alkyl halides is 1. The van der Waals surface area contributed by atoms with Gasteiger partial charge in [0.2, 0.25) is 0 Å². The topological polar surface area (TPSA) is 16.1 Å². The fourth-order valence-corrected chi connectivity index (χ4v) is 3.65. The van der Waals surface area contributed by atoms with Crippen LogP contribution in [0.2, 0.25) is 0 Å². The molecule has 0 bridgehead atoms. The maximum absolute atomic E-state index is 5.89. The second-order valence-corrected chi connectivity index (χ2v) is 5.84. The summed E-state index contributed by atoms with van der Waals surface area (Å²) in [4.78, 5) is 8.38. The third-order valence-corrected chi connectivity index (χ3v) is 4.84. The van der Waals surface area contributed by atoms with Gasteiger partial charge in [0, 0.05) is 23.5 Å². The number of anilines is 1. The van der Waals surface area contributed by atoms with Crippen LogP contribution in [-0.2, 0) is 12.3 Å². The zero-order chi connectivity index (χ0) is 12.5. The number of pyridine rings is 1. The first-order chi connectivity index (χ1) is 8.79. The van der Waals surface area contributed by atoms with E-state index in [-0.39, 0.29) is 0 Å². The van der Waals surface area contributed by atoms with Crippen molar-refractivity contribution in [3.05, 3.63) is 45.8 Å². The van der Waals surface area contributed by atoms with Gasteiger partial charge in [-0.25, -0.2) is 4.98 Å². The molecule has 3 heterocycles. The summed E-state index contributed by atoms with van der Waals surface area (Å²) in [7, 11) is 0. The van der Waals surface area contributed by atoms with Crippen molar-refractivity contribution in [3.8, 4) is 0 Å². The molecule has 0 aromatic carbocycles. The molecule has 0 spiro atoms. The van der Waals surface area contributed by atoms with Gasteiger partial charge in [0.25, 0.3) is 0 Å². The summed E-state index contributed by atoms with van der Waals surface area (Å²) in [5.74, 6) is 1.58. The van der Waals surface area contributed by atoms with E-state index < -0.39 is 0 Å². The van der Waals surface area contributed by atoms with Crippen molar-refractivity contribution in [2.24, 2.45) is 0 Å². The number of hydrogen-bond acceptors (Lipinski definition) is 3. The van der Waals surface area contributed by atoms with E-state index in [0.717, 1.165) is 24.3 Å². The molecule has 1 unspecified atom stereocenters. The molecule has 4 heteroatoms. The molecule has 3 rings (SSSR count). The Hall–Kier alpha value is -1.06. The van der Waals surface area contributed by atoms with Crippen LogP contribution in [0, 0.1) is 0 Å². The molecule has 0 saturated heterocycles. The Morgan fingerprint density at radius 3 is 3.22 bits per heavy atom. The Bertz CT molecular complexity index is 552. The minimum atomic E-state index is 0.401. The van der Waals surface area contributed by atoms with Gasteiger partial charge in [0.15, 0.2) is 0 Å². The second-order valence-electron chi connectivity index (χ2n) is 4.57. The molecule has 18 heavy (non-hydrogen) atoms. The molecule has 94 valence electrons. The molecule has 0 N–H and O–H groups in total. The van der Waals surface area contributed by atoms with Gasteiger partial charge in [-0.2, -0.15) is 0 Å². The van der Waals surface area contributed by atoms with Crippen molar-refractivity contribution in [2.45, 2.75) is 25.3 Å². The van der Waals surface area contributed by atoms with Crippen LogP contribution in [0.15, 0.2) is 29.8 Å². The fourth-order valence-electron chi connectivity index (χ4n) is 2.52. The van der Waals surface area contributed by atoms with E-state index in [0.29, 0.717) is 11.9 Å². The maximum Gasteiger partial charge on any atom is 0.129 e. The van der Waals surface area contributed by atoms with Crippen molar-refractivity contribution in [2.75, 3.05) is 11.4 Å². The van der Waals surface area contributed by atoms with Gasteiger partial charge in [-0.15, -0.1) is 22.9 Å². The SMILES string of the molecule is CC1c2ccsc2CCN1c1cc(CCl)ccn1. The van der Waals surface area contributed by atoms with Crippen molar-refractivity contribution >= 4 is 28.8 Å².